The minimum absolute atomic E-state index is 0.0866. The van der Waals surface area contributed by atoms with Crippen molar-refractivity contribution >= 4 is 19.2 Å². The third kappa shape index (κ3) is 3.71. The van der Waals surface area contributed by atoms with Gasteiger partial charge >= 0.3 is 7.60 Å². The van der Waals surface area contributed by atoms with Crippen molar-refractivity contribution in [3.63, 3.8) is 0 Å². The van der Waals surface area contributed by atoms with Gasteiger partial charge in [0, 0.05) is 11.0 Å². The number of allylic oxidation sites excluding steroid dienone is 1. The first-order chi connectivity index (χ1) is 8.59. The summed E-state index contributed by atoms with van der Waals surface area (Å²) >= 11 is 6.32. The molecule has 0 aliphatic carbocycles. The summed E-state index contributed by atoms with van der Waals surface area (Å²) in [6.45, 7) is 8.38. The van der Waals surface area contributed by atoms with Crippen molar-refractivity contribution in [3.05, 3.63) is 23.0 Å². The van der Waals surface area contributed by atoms with Crippen molar-refractivity contribution < 1.29 is 13.6 Å². The van der Waals surface area contributed by atoms with E-state index >= 15 is 0 Å². The second kappa shape index (κ2) is 7.49. The van der Waals surface area contributed by atoms with Crippen LogP contribution in [0.2, 0.25) is 0 Å². The fourth-order valence-electron chi connectivity index (χ4n) is 1.99. The average molecular weight is 293 g/mol. The smallest absolute Gasteiger partial charge is 0.306 e. The second-order valence-electron chi connectivity index (χ2n) is 4.30. The summed E-state index contributed by atoms with van der Waals surface area (Å²) in [6.07, 6.45) is 5.70. The third-order valence-corrected chi connectivity index (χ3v) is 5.73. The highest BCUT2D eigenvalue weighted by Gasteiger charge is 2.43. The molecule has 2 atom stereocenters. The topological polar surface area (TPSA) is 35.5 Å². The highest BCUT2D eigenvalue weighted by molar-refractivity contribution is 7.59. The maximum atomic E-state index is 12.6. The van der Waals surface area contributed by atoms with Crippen LogP contribution in [0.5, 0.6) is 0 Å². The highest BCUT2D eigenvalue weighted by Crippen LogP contribution is 2.65. The lowest BCUT2D eigenvalue weighted by atomic mass is 10.1. The molecule has 104 valence electrons. The first kappa shape index (κ1) is 16.0. The van der Waals surface area contributed by atoms with Crippen molar-refractivity contribution in [1.82, 2.24) is 0 Å². The molecule has 0 saturated carbocycles. The van der Waals surface area contributed by atoms with Crippen LogP contribution in [0.1, 0.15) is 39.5 Å². The van der Waals surface area contributed by atoms with Crippen LogP contribution in [0.25, 0.3) is 0 Å². The molecule has 0 aromatic carbocycles. The van der Waals surface area contributed by atoms with Gasteiger partial charge in [-0.2, -0.15) is 0 Å². The first-order valence-corrected chi connectivity index (χ1v) is 8.41. The van der Waals surface area contributed by atoms with Gasteiger partial charge in [0.2, 0.25) is 0 Å². The molecule has 0 aromatic rings. The van der Waals surface area contributed by atoms with Gasteiger partial charge < -0.3 is 9.05 Å². The van der Waals surface area contributed by atoms with Crippen molar-refractivity contribution in [2.45, 2.75) is 39.5 Å². The summed E-state index contributed by atoms with van der Waals surface area (Å²) < 4.78 is 23.2. The lowest BCUT2D eigenvalue weighted by molar-refractivity contribution is 0.234. The molecular weight excluding hydrogens is 271 g/mol. The number of rotatable bonds is 7. The zero-order valence-electron chi connectivity index (χ0n) is 11.2. The molecule has 1 fully saturated rings. The second-order valence-corrected chi connectivity index (χ2v) is 6.75. The molecule has 2 unspecified atom stereocenters. The Balaban J connectivity index is 2.92. The molecule has 0 aromatic heterocycles. The molecule has 3 nitrogen and oxygen atoms in total. The van der Waals surface area contributed by atoms with E-state index in [1.165, 1.54) is 0 Å². The lowest BCUT2D eigenvalue weighted by Gasteiger charge is -2.15. The zero-order chi connectivity index (χ0) is 13.6. The molecule has 0 spiro atoms. The van der Waals surface area contributed by atoms with E-state index in [1.54, 1.807) is 13.0 Å². The lowest BCUT2D eigenvalue weighted by Crippen LogP contribution is -1.99. The number of hydrogen-bond acceptors (Lipinski definition) is 3. The Morgan fingerprint density at radius 3 is 2.89 bits per heavy atom. The SMILES string of the molecule is C=CC1COP(=O)(OCC)/C1=C(\Cl)CCCCC. The van der Waals surface area contributed by atoms with Crippen LogP contribution in [0, 0.1) is 5.92 Å². The van der Waals surface area contributed by atoms with Crippen LogP contribution < -0.4 is 0 Å². The average Bonchev–Trinajstić information content (AvgIpc) is 2.67. The van der Waals surface area contributed by atoms with E-state index in [0.717, 1.165) is 25.7 Å². The van der Waals surface area contributed by atoms with E-state index in [4.69, 9.17) is 20.6 Å². The van der Waals surface area contributed by atoms with Crippen LogP contribution in [0.4, 0.5) is 0 Å². The zero-order valence-corrected chi connectivity index (χ0v) is 12.8. The van der Waals surface area contributed by atoms with Gasteiger partial charge in [-0.3, -0.25) is 4.57 Å². The van der Waals surface area contributed by atoms with E-state index in [2.05, 4.69) is 13.5 Å². The van der Waals surface area contributed by atoms with Crippen molar-refractivity contribution in [1.29, 1.82) is 0 Å². The molecule has 1 rings (SSSR count). The predicted molar refractivity (Wildman–Crippen MR) is 75.9 cm³/mol. The van der Waals surface area contributed by atoms with Crippen molar-refractivity contribution in [3.8, 4) is 0 Å². The molecule has 0 radical (unpaired) electrons. The molecule has 0 N–H and O–H groups in total. The predicted octanol–water partition coefficient (Wildman–Crippen LogP) is 5.08. The van der Waals surface area contributed by atoms with Gasteiger partial charge in [-0.1, -0.05) is 37.4 Å². The maximum absolute atomic E-state index is 12.6. The van der Waals surface area contributed by atoms with E-state index < -0.39 is 7.60 Å². The van der Waals surface area contributed by atoms with Crippen LogP contribution in [0.15, 0.2) is 23.0 Å². The molecule has 1 aliphatic heterocycles. The Morgan fingerprint density at radius 2 is 2.33 bits per heavy atom. The first-order valence-electron chi connectivity index (χ1n) is 6.49. The summed E-state index contributed by atoms with van der Waals surface area (Å²) in [5.74, 6) is -0.0866. The largest absolute Gasteiger partial charge is 0.359 e. The molecule has 1 heterocycles. The summed E-state index contributed by atoms with van der Waals surface area (Å²) in [6, 6.07) is 0. The van der Waals surface area contributed by atoms with Crippen LogP contribution in [0.3, 0.4) is 0 Å². The van der Waals surface area contributed by atoms with Crippen LogP contribution in [-0.2, 0) is 13.6 Å². The summed E-state index contributed by atoms with van der Waals surface area (Å²) in [4.78, 5) is 0. The Morgan fingerprint density at radius 1 is 1.61 bits per heavy atom. The van der Waals surface area contributed by atoms with Crippen molar-refractivity contribution in [2.75, 3.05) is 13.2 Å². The van der Waals surface area contributed by atoms with E-state index in [-0.39, 0.29) is 5.92 Å². The Kier molecular flexibility index (Phi) is 6.65. The van der Waals surface area contributed by atoms with Crippen molar-refractivity contribution in [2.24, 2.45) is 5.92 Å². The van der Waals surface area contributed by atoms with E-state index in [1.807, 2.05) is 0 Å². The fourth-order valence-corrected chi connectivity index (χ4v) is 4.62. The van der Waals surface area contributed by atoms with Gasteiger partial charge in [0.1, 0.15) is 0 Å². The number of unbranched alkanes of at least 4 members (excludes halogenated alkanes) is 2. The summed E-state index contributed by atoms with van der Waals surface area (Å²) in [7, 11) is -3.18. The molecule has 1 aliphatic rings. The third-order valence-electron chi connectivity index (χ3n) is 2.93. The standard InChI is InChI=1S/C13H22ClO3P/c1-4-7-8-9-12(14)13-11(5-2)10-17-18(13,15)16-6-3/h5,11H,2,4,6-10H2,1,3H3/b13-12-. The van der Waals surface area contributed by atoms with Gasteiger partial charge in [-0.15, -0.1) is 6.58 Å². The molecule has 5 heteroatoms. The number of hydrogen-bond donors (Lipinski definition) is 0. The molecule has 0 bridgehead atoms. The van der Waals surface area contributed by atoms with E-state index in [9.17, 15) is 4.57 Å². The van der Waals surface area contributed by atoms with Gasteiger partial charge in [-0.05, 0) is 19.8 Å². The van der Waals surface area contributed by atoms with Gasteiger partial charge in [0.25, 0.3) is 0 Å². The molecule has 1 saturated heterocycles. The summed E-state index contributed by atoms with van der Waals surface area (Å²) in [5, 5.41) is 1.25. The molecular formula is C13H22ClO3P. The highest BCUT2D eigenvalue weighted by atomic mass is 35.5. The maximum Gasteiger partial charge on any atom is 0.359 e. The Labute approximate surface area is 115 Å². The van der Waals surface area contributed by atoms with Gasteiger partial charge in [0.15, 0.2) is 0 Å². The molecule has 18 heavy (non-hydrogen) atoms. The summed E-state index contributed by atoms with van der Waals surface area (Å²) in [5.41, 5.74) is 0. The Hall–Kier alpha value is -0.0800. The van der Waals surface area contributed by atoms with Gasteiger partial charge in [-0.25, -0.2) is 0 Å². The van der Waals surface area contributed by atoms with E-state index in [0.29, 0.717) is 23.6 Å². The van der Waals surface area contributed by atoms with Crippen LogP contribution in [-0.4, -0.2) is 13.2 Å². The minimum Gasteiger partial charge on any atom is -0.306 e. The monoisotopic (exact) mass is 292 g/mol. The molecule has 0 amide bonds. The minimum atomic E-state index is -3.18. The fraction of sp³-hybridized carbons (Fsp3) is 0.692. The normalized spacial score (nSPS) is 30.5. The van der Waals surface area contributed by atoms with Gasteiger partial charge in [0.05, 0.1) is 18.5 Å². The van der Waals surface area contributed by atoms with Crippen LogP contribution >= 0.6 is 19.2 Å². The number of halogens is 1. The Bertz CT molecular complexity index is 365. The quantitative estimate of drug-likeness (QED) is 0.373.